The number of halogens is 1. The molecule has 0 saturated carbocycles. The summed E-state index contributed by atoms with van der Waals surface area (Å²) < 4.78 is 49.9. The van der Waals surface area contributed by atoms with Crippen LogP contribution in [0.4, 0.5) is 4.39 Å². The molecule has 8 nitrogen and oxygen atoms in total. The molecule has 0 aliphatic carbocycles. The van der Waals surface area contributed by atoms with Crippen molar-refractivity contribution in [3.63, 3.8) is 0 Å². The number of hydrogen-bond donors (Lipinski definition) is 0. The quantitative estimate of drug-likeness (QED) is 0.430. The first-order valence-electron chi connectivity index (χ1n) is 11.6. The highest BCUT2D eigenvalue weighted by molar-refractivity contribution is 7.91. The van der Waals surface area contributed by atoms with Gasteiger partial charge in [0, 0.05) is 23.9 Å². The summed E-state index contributed by atoms with van der Waals surface area (Å²) in [6.07, 6.45) is 6.63. The van der Waals surface area contributed by atoms with Gasteiger partial charge in [0.25, 0.3) is 0 Å². The lowest BCUT2D eigenvalue weighted by atomic mass is 10.0. The molecular weight excluding hydrogens is 481 g/mol. The van der Waals surface area contributed by atoms with Crippen LogP contribution in [0, 0.1) is 12.7 Å². The van der Waals surface area contributed by atoms with Gasteiger partial charge in [0.2, 0.25) is 0 Å². The van der Waals surface area contributed by atoms with Crippen molar-refractivity contribution in [2.24, 2.45) is 0 Å². The average molecular weight is 516 g/mol. The zero-order valence-corrected chi connectivity index (χ0v) is 21.3. The fourth-order valence-corrected chi connectivity index (χ4v) is 5.49. The van der Waals surface area contributed by atoms with Gasteiger partial charge in [-0.3, -0.25) is 4.57 Å². The molecule has 0 spiro atoms. The van der Waals surface area contributed by atoms with E-state index < -0.39 is 32.8 Å². The second-order valence-corrected chi connectivity index (χ2v) is 11.6. The molecule has 3 atom stereocenters. The first kappa shape index (κ1) is 27.6. The summed E-state index contributed by atoms with van der Waals surface area (Å²) in [5.74, 6) is 0.00670. The molecule has 1 aromatic carbocycles. The zero-order chi connectivity index (χ0) is 25.3. The third-order valence-electron chi connectivity index (χ3n) is 6.02. The van der Waals surface area contributed by atoms with Gasteiger partial charge in [-0.15, -0.1) is 10.2 Å². The van der Waals surface area contributed by atoms with Crippen LogP contribution in [0.3, 0.4) is 0 Å². The maximum atomic E-state index is 15.1. The number of fused-ring (bicyclic) bond motifs is 3. The Labute approximate surface area is 212 Å². The van der Waals surface area contributed by atoms with Crippen molar-refractivity contribution >= 4 is 15.9 Å². The van der Waals surface area contributed by atoms with Crippen LogP contribution in [0.15, 0.2) is 36.7 Å². The SMILES string of the molecule is C.Cc1cnc([C@H](OC(C)C)[C@H](C)S(=O)(=O)Cc2nnc3n2-c2c(F)cccc2/C=C\C[C@@H]3C)nc1. The minimum Gasteiger partial charge on any atom is -0.366 e. The summed E-state index contributed by atoms with van der Waals surface area (Å²) in [5, 5.41) is 7.51. The van der Waals surface area contributed by atoms with E-state index in [-0.39, 0.29) is 31.0 Å². The van der Waals surface area contributed by atoms with Gasteiger partial charge in [-0.25, -0.2) is 22.8 Å². The van der Waals surface area contributed by atoms with Crippen molar-refractivity contribution in [2.75, 3.05) is 0 Å². The van der Waals surface area contributed by atoms with Gasteiger partial charge >= 0.3 is 0 Å². The highest BCUT2D eigenvalue weighted by Crippen LogP contribution is 2.32. The van der Waals surface area contributed by atoms with E-state index in [1.165, 1.54) is 6.07 Å². The first-order valence-corrected chi connectivity index (χ1v) is 13.3. The van der Waals surface area contributed by atoms with E-state index in [9.17, 15) is 8.42 Å². The molecule has 3 aromatic rings. The summed E-state index contributed by atoms with van der Waals surface area (Å²) in [5.41, 5.74) is 1.75. The van der Waals surface area contributed by atoms with E-state index in [0.717, 1.165) is 5.56 Å². The molecule has 4 rings (SSSR count). The van der Waals surface area contributed by atoms with Gasteiger partial charge in [0.05, 0.1) is 17.0 Å². The Morgan fingerprint density at radius 2 is 1.86 bits per heavy atom. The zero-order valence-electron chi connectivity index (χ0n) is 20.5. The highest BCUT2D eigenvalue weighted by atomic mass is 32.2. The van der Waals surface area contributed by atoms with Gasteiger partial charge in [-0.1, -0.05) is 38.6 Å². The molecule has 36 heavy (non-hydrogen) atoms. The topological polar surface area (TPSA) is 99.9 Å². The molecule has 1 aliphatic rings. The Morgan fingerprint density at radius 1 is 1.17 bits per heavy atom. The lowest BCUT2D eigenvalue weighted by molar-refractivity contribution is 0.00141. The third kappa shape index (κ3) is 5.54. The fraction of sp³-hybridized carbons (Fsp3) is 0.462. The number of rotatable bonds is 7. The minimum atomic E-state index is -3.84. The van der Waals surface area contributed by atoms with E-state index in [0.29, 0.717) is 23.6 Å². The number of ether oxygens (including phenoxy) is 1. The van der Waals surface area contributed by atoms with Crippen LogP contribution in [-0.2, 0) is 20.3 Å². The standard InChI is InChI=1S/C25H30FN5O3S.CH4/c1-15(2)34-23(24-27-12-16(3)13-28-24)18(5)35(32,33)14-21-29-30-25-17(4)8-6-9-19-10-7-11-20(26)22(19)31(21)25;/h6-7,9-13,15,17-18,23H,8,14H2,1-5H3;1H4/b9-6-;/t17-,18-,23+;/m0./s1. The Morgan fingerprint density at radius 3 is 2.53 bits per heavy atom. The summed E-state index contributed by atoms with van der Waals surface area (Å²) in [4.78, 5) is 8.63. The largest absolute Gasteiger partial charge is 0.366 e. The maximum absolute atomic E-state index is 15.1. The Balaban J connectivity index is 0.00000361. The molecule has 0 N–H and O–H groups in total. The van der Waals surface area contributed by atoms with Gasteiger partial charge < -0.3 is 4.74 Å². The van der Waals surface area contributed by atoms with E-state index in [4.69, 9.17) is 4.74 Å². The molecule has 0 saturated heterocycles. The summed E-state index contributed by atoms with van der Waals surface area (Å²) in [6.45, 7) is 9.05. The van der Waals surface area contributed by atoms with Crippen molar-refractivity contribution < 1.29 is 17.5 Å². The van der Waals surface area contributed by atoms with Crippen LogP contribution in [0.1, 0.15) is 82.2 Å². The molecular formula is C26H34FN5O3S. The number of aromatic nitrogens is 5. The molecule has 0 unspecified atom stereocenters. The minimum absolute atomic E-state index is 0. The number of benzene rings is 1. The molecule has 1 aliphatic heterocycles. The normalized spacial score (nSPS) is 17.8. The summed E-state index contributed by atoms with van der Waals surface area (Å²) in [7, 11) is -3.84. The van der Waals surface area contributed by atoms with Crippen molar-refractivity contribution in [1.29, 1.82) is 0 Å². The second-order valence-electron chi connectivity index (χ2n) is 9.26. The molecule has 0 radical (unpaired) electrons. The van der Waals surface area contributed by atoms with E-state index in [1.807, 2.05) is 39.8 Å². The van der Waals surface area contributed by atoms with Gasteiger partial charge in [-0.05, 0) is 45.7 Å². The Kier molecular flexibility index (Phi) is 8.40. The van der Waals surface area contributed by atoms with Crippen LogP contribution in [0.5, 0.6) is 0 Å². The highest BCUT2D eigenvalue weighted by Gasteiger charge is 2.36. The molecule has 0 bridgehead atoms. The molecule has 194 valence electrons. The van der Waals surface area contributed by atoms with Crippen LogP contribution < -0.4 is 0 Å². The lowest BCUT2D eigenvalue weighted by Crippen LogP contribution is -2.32. The number of para-hydroxylation sites is 1. The number of nitrogens with zero attached hydrogens (tertiary/aromatic N) is 5. The Bertz CT molecular complexity index is 1340. The Hall–Kier alpha value is -2.98. The van der Waals surface area contributed by atoms with Gasteiger partial charge in [0.15, 0.2) is 21.5 Å². The van der Waals surface area contributed by atoms with Crippen molar-refractivity contribution in [1.82, 2.24) is 24.7 Å². The second kappa shape index (κ2) is 11.0. The van der Waals surface area contributed by atoms with Crippen LogP contribution >= 0.6 is 0 Å². The molecule has 2 aromatic heterocycles. The number of allylic oxidation sites excluding steroid dienone is 1. The predicted molar refractivity (Wildman–Crippen MR) is 138 cm³/mol. The number of sulfone groups is 1. The van der Waals surface area contributed by atoms with E-state index in [2.05, 4.69) is 20.2 Å². The number of hydrogen-bond acceptors (Lipinski definition) is 7. The van der Waals surface area contributed by atoms with Crippen molar-refractivity contribution in [2.45, 2.75) is 77.6 Å². The van der Waals surface area contributed by atoms with E-state index >= 15 is 4.39 Å². The molecule has 0 amide bonds. The fourth-order valence-electron chi connectivity index (χ4n) is 4.12. The van der Waals surface area contributed by atoms with Crippen molar-refractivity contribution in [3.8, 4) is 5.69 Å². The van der Waals surface area contributed by atoms with Gasteiger partial charge in [0.1, 0.15) is 23.5 Å². The summed E-state index contributed by atoms with van der Waals surface area (Å²) >= 11 is 0. The van der Waals surface area contributed by atoms with Crippen LogP contribution in [-0.4, -0.2) is 44.5 Å². The first-order chi connectivity index (χ1) is 16.6. The lowest BCUT2D eigenvalue weighted by Gasteiger charge is -2.25. The van der Waals surface area contributed by atoms with Crippen molar-refractivity contribution in [3.05, 3.63) is 71.1 Å². The predicted octanol–water partition coefficient (Wildman–Crippen LogP) is 5.13. The molecule has 0 fully saturated rings. The summed E-state index contributed by atoms with van der Waals surface area (Å²) in [6, 6.07) is 4.77. The maximum Gasteiger partial charge on any atom is 0.163 e. The molecule has 10 heteroatoms. The van der Waals surface area contributed by atoms with Crippen LogP contribution in [0.25, 0.3) is 11.8 Å². The van der Waals surface area contributed by atoms with Gasteiger partial charge in [-0.2, -0.15) is 0 Å². The average Bonchev–Trinajstić information content (AvgIpc) is 3.18. The third-order valence-corrected chi connectivity index (χ3v) is 8.06. The smallest absolute Gasteiger partial charge is 0.163 e. The molecule has 3 heterocycles. The monoisotopic (exact) mass is 515 g/mol. The van der Waals surface area contributed by atoms with E-state index in [1.54, 1.807) is 36.0 Å². The van der Waals surface area contributed by atoms with Crippen LogP contribution in [0.2, 0.25) is 0 Å². The number of aryl methyl sites for hydroxylation is 1.